The molecule has 0 radical (unpaired) electrons. The fourth-order valence-corrected chi connectivity index (χ4v) is 19.3. The number of nitrogens with zero attached hydrogens (tertiary/aromatic N) is 1. The maximum Gasteiger partial charge on any atom is 0.410 e. The van der Waals surface area contributed by atoms with Crippen molar-refractivity contribution in [1.29, 1.82) is 0 Å². The van der Waals surface area contributed by atoms with Gasteiger partial charge in [0.05, 0.1) is 88.4 Å². The van der Waals surface area contributed by atoms with Gasteiger partial charge in [-0.05, 0) is 274 Å². The SMILES string of the molecule is COc1cc(F)c(C(C)(C)C)cc1-c1cc2c(cc1C(C)(C)C)COC2.COc1cc(F)c(C(C)C)cc1-c1c(C(C)(C)C)cc2c(c1C)COC2.COc1cc(F)c(C(C)C)cc1-c1c(C(C)(C)C)cc2c(c1C)COC2.COc1cc(F)c(C(C)C)cc1-c1cc2c(cc1C(C)(C)C)CN(C(=O)OCc1ccccc1)C2.COc1cc(F)c(C(C)C)cc1-c1cc2c(cc1C(C)(C)C)COC2. The van der Waals surface area contributed by atoms with Gasteiger partial charge < -0.3 is 47.4 Å². The third-order valence-electron chi connectivity index (χ3n) is 27.2. The van der Waals surface area contributed by atoms with Crippen LogP contribution < -0.4 is 23.7 Å². The van der Waals surface area contributed by atoms with Crippen molar-refractivity contribution in [3.63, 3.8) is 0 Å². The fourth-order valence-electron chi connectivity index (χ4n) is 19.3. The fraction of sp³-hybridized carbons (Fsp3) is 0.446. The van der Waals surface area contributed by atoms with Crippen LogP contribution in [0.3, 0.4) is 0 Å². The molecule has 11 aromatic rings. The third kappa shape index (κ3) is 23.2. The number of hydrogen-bond donors (Lipinski definition) is 0. The monoisotopic (exact) mass is 1890 g/mol. The Morgan fingerprint density at radius 2 is 0.565 bits per heavy atom. The Morgan fingerprint density at radius 1 is 0.304 bits per heavy atom. The summed E-state index contributed by atoms with van der Waals surface area (Å²) in [5, 5.41) is 0. The number of hydrogen-bond acceptors (Lipinski definition) is 11. The zero-order valence-corrected chi connectivity index (χ0v) is 88.2. The predicted molar refractivity (Wildman–Crippen MR) is 550 cm³/mol. The number of halogens is 5. The van der Waals surface area contributed by atoms with E-state index in [0.29, 0.717) is 111 Å². The molecule has 0 fully saturated rings. The number of amides is 1. The van der Waals surface area contributed by atoms with Crippen molar-refractivity contribution in [2.75, 3.05) is 35.5 Å². The van der Waals surface area contributed by atoms with Gasteiger partial charge in [-0.2, -0.15) is 0 Å². The van der Waals surface area contributed by atoms with Crippen molar-refractivity contribution in [3.05, 3.63) is 297 Å². The number of rotatable bonds is 16. The average Bonchev–Trinajstić information content (AvgIpc) is 1.35. The molecule has 5 aliphatic rings. The highest BCUT2D eigenvalue weighted by molar-refractivity contribution is 5.84. The minimum atomic E-state index is -0.328. The van der Waals surface area contributed by atoms with Crippen molar-refractivity contribution in [1.82, 2.24) is 4.90 Å². The minimum absolute atomic E-state index is 0.0374. The molecule has 1 amide bonds. The second kappa shape index (κ2) is 42.3. The molecule has 138 heavy (non-hydrogen) atoms. The molecule has 738 valence electrons. The summed E-state index contributed by atoms with van der Waals surface area (Å²) < 4.78 is 129. The van der Waals surface area contributed by atoms with Gasteiger partial charge in [0.15, 0.2) is 0 Å². The average molecular weight is 1890 g/mol. The predicted octanol–water partition coefficient (Wildman–Crippen LogP) is 32.2. The molecule has 0 saturated heterocycles. The van der Waals surface area contributed by atoms with E-state index >= 15 is 0 Å². The van der Waals surface area contributed by atoms with Gasteiger partial charge in [-0.25, -0.2) is 26.7 Å². The molecule has 12 nitrogen and oxygen atoms in total. The molecule has 5 aliphatic heterocycles. The maximum absolute atomic E-state index is 14.7. The molecular formula is C121H148F5NO11. The third-order valence-corrected chi connectivity index (χ3v) is 27.2. The van der Waals surface area contributed by atoms with Crippen LogP contribution in [-0.4, -0.2) is 46.5 Å². The minimum Gasteiger partial charge on any atom is -0.496 e. The van der Waals surface area contributed by atoms with Gasteiger partial charge in [-0.15, -0.1) is 0 Å². The van der Waals surface area contributed by atoms with Gasteiger partial charge in [0, 0.05) is 71.2 Å². The Labute approximate surface area is 819 Å². The number of ether oxygens (including phenoxy) is 10. The van der Waals surface area contributed by atoms with Crippen LogP contribution in [0, 0.1) is 42.9 Å². The topological polar surface area (TPSA) is 113 Å². The second-order valence-electron chi connectivity index (χ2n) is 44.9. The molecule has 17 heteroatoms. The van der Waals surface area contributed by atoms with E-state index in [1.807, 2.05) is 137 Å². The summed E-state index contributed by atoms with van der Waals surface area (Å²) in [6, 6.07) is 44.8. The van der Waals surface area contributed by atoms with Crippen molar-refractivity contribution < 1.29 is 74.1 Å². The van der Waals surface area contributed by atoms with Crippen molar-refractivity contribution in [3.8, 4) is 84.4 Å². The number of methoxy groups -OCH3 is 5. The number of carbonyl (C=O) groups is 1. The van der Waals surface area contributed by atoms with Crippen LogP contribution in [0.2, 0.25) is 0 Å². The van der Waals surface area contributed by atoms with Gasteiger partial charge in [0.2, 0.25) is 0 Å². The summed E-state index contributed by atoms with van der Waals surface area (Å²) in [5.74, 6) is 2.08. The lowest BCUT2D eigenvalue weighted by Crippen LogP contribution is -2.26. The molecule has 5 heterocycles. The Bertz CT molecular complexity index is 6170. The van der Waals surface area contributed by atoms with Crippen LogP contribution in [0.5, 0.6) is 28.7 Å². The Kier molecular flexibility index (Phi) is 32.5. The summed E-state index contributed by atoms with van der Waals surface area (Å²) in [6.45, 7) is 65.9. The van der Waals surface area contributed by atoms with Crippen molar-refractivity contribution in [2.24, 2.45) is 0 Å². The number of carbonyl (C=O) groups excluding carboxylic acids is 1. The number of benzene rings is 11. The Hall–Kier alpha value is -10.8. The van der Waals surface area contributed by atoms with E-state index in [-0.39, 0.29) is 97.9 Å². The van der Waals surface area contributed by atoms with Crippen LogP contribution in [0.15, 0.2) is 140 Å². The smallest absolute Gasteiger partial charge is 0.410 e. The molecule has 11 aromatic carbocycles. The molecule has 16 rings (SSSR count). The molecule has 0 saturated carbocycles. The van der Waals surface area contributed by atoms with Gasteiger partial charge >= 0.3 is 6.09 Å². The molecule has 0 atom stereocenters. The standard InChI is InChI=1S/C30H34FNO3.3C23H29FO2.C22H27FO2/c1-19(2)23-14-25(28(34-6)15-27(23)31)24-12-21-16-32(17-22(21)13-26(24)30(3,4)5)29(33)35-18-20-10-8-7-9-11-20;1-22(2,3)18-9-15-13-26-12-14(15)8-16(18)17-10-19(23(4,5)6)20(24)11-21(17)25-7;2*1-13(2)16-9-17(21(25-7)10-20(16)24)22-14(3)18-12-26-11-15(18)8-19(22)23(4,5)6;1-13(2)16-9-18(21(24-6)10-20(16)23)17-7-14-11-25-12-15(14)8-19(17)22(3,4)5/h7-15,19H,16-18H2,1-6H3;8-11H,12-13H2,1-7H3;2*8-10,13H,11-12H2,1-7H3;7-10,13H,11-12H2,1-6H3. The normalized spacial score (nSPS) is 13.9. The first kappa shape index (κ1) is 106. The van der Waals surface area contributed by atoms with Gasteiger partial charge in [-0.1, -0.05) is 241 Å². The molecular weight excluding hydrogens is 1740 g/mol. The van der Waals surface area contributed by atoms with E-state index in [2.05, 4.69) is 166 Å². The Morgan fingerprint density at radius 3 is 0.884 bits per heavy atom. The van der Waals surface area contributed by atoms with Crippen LogP contribution >= 0.6 is 0 Å². The van der Waals surface area contributed by atoms with E-state index in [4.69, 9.17) is 47.4 Å². The van der Waals surface area contributed by atoms with Crippen LogP contribution in [-0.2, 0) is 129 Å². The van der Waals surface area contributed by atoms with E-state index in [1.54, 1.807) is 40.4 Å². The van der Waals surface area contributed by atoms with Gasteiger partial charge in [0.25, 0.3) is 0 Å². The molecule has 0 spiro atoms. The lowest BCUT2D eigenvalue weighted by molar-refractivity contribution is 0.0955. The zero-order chi connectivity index (χ0) is 101. The van der Waals surface area contributed by atoms with Crippen molar-refractivity contribution >= 4 is 6.09 Å². The highest BCUT2D eigenvalue weighted by atomic mass is 19.1. The quantitative estimate of drug-likeness (QED) is 0.0862. The maximum atomic E-state index is 14.7. The summed E-state index contributed by atoms with van der Waals surface area (Å²) >= 11 is 0. The molecule has 0 unspecified atom stereocenters. The van der Waals surface area contributed by atoms with Crippen LogP contribution in [0.1, 0.15) is 332 Å². The van der Waals surface area contributed by atoms with E-state index in [0.717, 1.165) is 89.0 Å². The van der Waals surface area contributed by atoms with E-state index in [9.17, 15) is 26.7 Å². The lowest BCUT2D eigenvalue weighted by Gasteiger charge is -2.27. The van der Waals surface area contributed by atoms with Gasteiger partial charge in [-0.3, -0.25) is 4.90 Å². The largest absolute Gasteiger partial charge is 0.496 e. The molecule has 0 bridgehead atoms. The summed E-state index contributed by atoms with van der Waals surface area (Å²) in [6.07, 6.45) is -0.328. The first-order chi connectivity index (χ1) is 64.6. The molecule has 0 aromatic heterocycles. The van der Waals surface area contributed by atoms with Crippen molar-refractivity contribution in [2.45, 2.75) is 323 Å². The summed E-state index contributed by atoms with van der Waals surface area (Å²) in [4.78, 5) is 14.6. The highest BCUT2D eigenvalue weighted by Crippen LogP contribution is 2.52. The first-order valence-electron chi connectivity index (χ1n) is 48.6. The first-order valence-corrected chi connectivity index (χ1v) is 48.6. The second-order valence-corrected chi connectivity index (χ2v) is 44.9. The molecule has 0 aliphatic carbocycles. The summed E-state index contributed by atoms with van der Waals surface area (Å²) in [5.41, 5.74) is 34.7. The van der Waals surface area contributed by atoms with E-state index in [1.165, 1.54) is 108 Å². The Balaban J connectivity index is 0.000000156. The molecule has 0 N–H and O–H groups in total. The lowest BCUT2D eigenvalue weighted by atomic mass is 9.77. The van der Waals surface area contributed by atoms with Crippen LogP contribution in [0.25, 0.3) is 55.6 Å². The van der Waals surface area contributed by atoms with E-state index < -0.39 is 0 Å². The highest BCUT2D eigenvalue weighted by Gasteiger charge is 2.37. The van der Waals surface area contributed by atoms with Crippen LogP contribution in [0.4, 0.5) is 26.7 Å². The van der Waals surface area contributed by atoms with Gasteiger partial charge in [0.1, 0.15) is 64.4 Å². The summed E-state index contributed by atoms with van der Waals surface area (Å²) in [7, 11) is 7.98. The zero-order valence-electron chi connectivity index (χ0n) is 88.2. The number of fused-ring (bicyclic) bond motifs is 5.